The van der Waals surface area contributed by atoms with Gasteiger partial charge in [-0.15, -0.1) is 0 Å². The molecule has 0 spiro atoms. The molecule has 1 aliphatic rings. The second kappa shape index (κ2) is 6.16. The summed E-state index contributed by atoms with van der Waals surface area (Å²) in [6.07, 6.45) is 1.43. The van der Waals surface area contributed by atoms with Crippen molar-refractivity contribution in [2.24, 2.45) is 5.10 Å². The smallest absolute Gasteiger partial charge is 0.277 e. The number of hydrazone groups is 1. The van der Waals surface area contributed by atoms with Crippen LogP contribution in [-0.4, -0.2) is 21.4 Å². The Hall–Kier alpha value is -2.54. The number of benzene rings is 2. The van der Waals surface area contributed by atoms with E-state index in [1.807, 2.05) is 19.1 Å². The minimum absolute atomic E-state index is 0.189. The number of sulfonamides is 1. The Morgan fingerprint density at radius 3 is 2.42 bits per heavy atom. The predicted octanol–water partition coefficient (Wildman–Crippen LogP) is 2.65. The molecule has 2 aromatic carbocycles. The molecule has 1 aliphatic heterocycles. The molecular weight excluding hydrogens is 328 g/mol. The normalized spacial score (nSPS) is 13.5. The van der Waals surface area contributed by atoms with Gasteiger partial charge in [-0.2, -0.15) is 13.5 Å². The summed E-state index contributed by atoms with van der Waals surface area (Å²) >= 11 is 0. The van der Waals surface area contributed by atoms with Gasteiger partial charge in [-0.05, 0) is 55.7 Å². The van der Waals surface area contributed by atoms with Gasteiger partial charge < -0.3 is 9.47 Å². The molecule has 0 atom stereocenters. The van der Waals surface area contributed by atoms with E-state index < -0.39 is 10.0 Å². The van der Waals surface area contributed by atoms with Crippen molar-refractivity contribution in [1.29, 1.82) is 0 Å². The van der Waals surface area contributed by atoms with E-state index in [1.165, 1.54) is 6.21 Å². The van der Waals surface area contributed by atoms with Crippen LogP contribution in [0.4, 0.5) is 0 Å². The Labute approximate surface area is 141 Å². The quantitative estimate of drug-likeness (QED) is 0.682. The minimum Gasteiger partial charge on any atom is -0.454 e. The van der Waals surface area contributed by atoms with Gasteiger partial charge in [-0.25, -0.2) is 4.83 Å². The maximum atomic E-state index is 12.5. The molecule has 0 amide bonds. The molecule has 126 valence electrons. The van der Waals surface area contributed by atoms with Crippen LogP contribution in [0.2, 0.25) is 0 Å². The molecule has 0 bridgehead atoms. The van der Waals surface area contributed by atoms with Crippen molar-refractivity contribution in [3.8, 4) is 11.5 Å². The van der Waals surface area contributed by atoms with Crippen LogP contribution in [-0.2, 0) is 10.0 Å². The van der Waals surface area contributed by atoms with E-state index in [9.17, 15) is 8.42 Å². The third kappa shape index (κ3) is 3.21. The first-order valence-corrected chi connectivity index (χ1v) is 8.87. The number of nitrogens with one attached hydrogen (secondary N) is 1. The van der Waals surface area contributed by atoms with Crippen LogP contribution >= 0.6 is 0 Å². The molecular formula is C17H18N2O4S. The van der Waals surface area contributed by atoms with Gasteiger partial charge in [0.2, 0.25) is 6.79 Å². The summed E-state index contributed by atoms with van der Waals surface area (Å²) in [5, 5.41) is 3.86. The molecule has 7 heteroatoms. The van der Waals surface area contributed by atoms with Crippen molar-refractivity contribution in [3.63, 3.8) is 0 Å². The minimum atomic E-state index is -3.72. The maximum Gasteiger partial charge on any atom is 0.277 e. The molecule has 0 unspecified atom stereocenters. The summed E-state index contributed by atoms with van der Waals surface area (Å²) in [4.78, 5) is 2.52. The number of rotatable bonds is 4. The topological polar surface area (TPSA) is 77.0 Å². The molecule has 0 saturated heterocycles. The number of hydrogen-bond donors (Lipinski definition) is 1. The predicted molar refractivity (Wildman–Crippen MR) is 91.1 cm³/mol. The standard InChI is InChI=1S/C17H18N2O4S/c1-11-6-12(2)17(13(3)7-11)24(20,21)19-18-9-14-4-5-15-16(8-14)23-10-22-15/h4-9,19H,10H2,1-3H3/b18-9-. The van der Waals surface area contributed by atoms with Gasteiger partial charge in [-0.1, -0.05) is 17.7 Å². The highest BCUT2D eigenvalue weighted by atomic mass is 32.2. The fourth-order valence-electron chi connectivity index (χ4n) is 2.80. The van der Waals surface area contributed by atoms with Gasteiger partial charge in [0, 0.05) is 0 Å². The van der Waals surface area contributed by atoms with Crippen molar-refractivity contribution in [1.82, 2.24) is 4.83 Å². The van der Waals surface area contributed by atoms with E-state index in [2.05, 4.69) is 9.93 Å². The molecule has 6 nitrogen and oxygen atoms in total. The van der Waals surface area contributed by atoms with E-state index in [4.69, 9.17) is 9.47 Å². The SMILES string of the molecule is Cc1cc(C)c(S(=O)(=O)N/N=C\c2ccc3c(c2)OCO3)c(C)c1. The summed E-state index contributed by atoms with van der Waals surface area (Å²) in [5.41, 5.74) is 3.11. The van der Waals surface area contributed by atoms with E-state index in [0.717, 1.165) is 5.56 Å². The largest absolute Gasteiger partial charge is 0.454 e. The molecule has 0 aliphatic carbocycles. The van der Waals surface area contributed by atoms with E-state index in [1.54, 1.807) is 32.0 Å². The van der Waals surface area contributed by atoms with Crippen molar-refractivity contribution >= 4 is 16.2 Å². The van der Waals surface area contributed by atoms with Crippen LogP contribution < -0.4 is 14.3 Å². The van der Waals surface area contributed by atoms with Gasteiger partial charge >= 0.3 is 0 Å². The van der Waals surface area contributed by atoms with Crippen molar-refractivity contribution in [2.75, 3.05) is 6.79 Å². The highest BCUT2D eigenvalue weighted by Gasteiger charge is 2.19. The van der Waals surface area contributed by atoms with Gasteiger partial charge in [0.05, 0.1) is 11.1 Å². The summed E-state index contributed by atoms with van der Waals surface area (Å²) in [6, 6.07) is 8.94. The van der Waals surface area contributed by atoms with Gasteiger partial charge in [0.1, 0.15) is 0 Å². The zero-order valence-electron chi connectivity index (χ0n) is 13.7. The Morgan fingerprint density at radius 1 is 1.04 bits per heavy atom. The lowest BCUT2D eigenvalue weighted by Crippen LogP contribution is -2.20. The van der Waals surface area contributed by atoms with E-state index in [0.29, 0.717) is 28.2 Å². The molecule has 1 N–H and O–H groups in total. The van der Waals surface area contributed by atoms with Crippen LogP contribution in [0, 0.1) is 20.8 Å². The lowest BCUT2D eigenvalue weighted by Gasteiger charge is -2.11. The summed E-state index contributed by atoms with van der Waals surface area (Å²) in [5.74, 6) is 1.28. The van der Waals surface area contributed by atoms with Crippen LogP contribution in [0.3, 0.4) is 0 Å². The van der Waals surface area contributed by atoms with Gasteiger partial charge in [0.15, 0.2) is 11.5 Å². The second-order valence-electron chi connectivity index (χ2n) is 5.69. The fraction of sp³-hybridized carbons (Fsp3) is 0.235. The average Bonchev–Trinajstić information content (AvgIpc) is 2.93. The molecule has 24 heavy (non-hydrogen) atoms. The van der Waals surface area contributed by atoms with Crippen molar-refractivity contribution in [3.05, 3.63) is 52.6 Å². The van der Waals surface area contributed by atoms with Crippen LogP contribution in [0.15, 0.2) is 40.3 Å². The first-order valence-electron chi connectivity index (χ1n) is 7.39. The van der Waals surface area contributed by atoms with Crippen LogP contribution in [0.25, 0.3) is 0 Å². The molecule has 0 fully saturated rings. The van der Waals surface area contributed by atoms with Crippen LogP contribution in [0.5, 0.6) is 11.5 Å². The lowest BCUT2D eigenvalue weighted by molar-refractivity contribution is 0.174. The number of aryl methyl sites for hydroxylation is 3. The highest BCUT2D eigenvalue weighted by Crippen LogP contribution is 2.32. The monoisotopic (exact) mass is 346 g/mol. The first-order chi connectivity index (χ1) is 11.4. The fourth-order valence-corrected chi connectivity index (χ4v) is 4.05. The zero-order chi connectivity index (χ0) is 17.3. The second-order valence-corrected chi connectivity index (χ2v) is 7.29. The number of ether oxygens (including phenoxy) is 2. The van der Waals surface area contributed by atoms with Crippen LogP contribution in [0.1, 0.15) is 22.3 Å². The number of hydrogen-bond acceptors (Lipinski definition) is 5. The third-order valence-corrected chi connectivity index (χ3v) is 5.18. The molecule has 1 heterocycles. The Kier molecular flexibility index (Phi) is 4.19. The number of fused-ring (bicyclic) bond motifs is 1. The molecule has 0 saturated carbocycles. The molecule has 2 aromatic rings. The van der Waals surface area contributed by atoms with Crippen molar-refractivity contribution < 1.29 is 17.9 Å². The Bertz CT molecular complexity index is 897. The zero-order valence-corrected chi connectivity index (χ0v) is 14.5. The molecule has 0 radical (unpaired) electrons. The lowest BCUT2D eigenvalue weighted by atomic mass is 10.1. The number of nitrogens with zero attached hydrogens (tertiary/aromatic N) is 1. The van der Waals surface area contributed by atoms with E-state index in [-0.39, 0.29) is 11.7 Å². The Morgan fingerprint density at radius 2 is 1.71 bits per heavy atom. The summed E-state index contributed by atoms with van der Waals surface area (Å²) < 4.78 is 35.5. The summed E-state index contributed by atoms with van der Waals surface area (Å²) in [6.45, 7) is 5.67. The van der Waals surface area contributed by atoms with Crippen molar-refractivity contribution in [2.45, 2.75) is 25.7 Å². The first kappa shape index (κ1) is 16.3. The average molecular weight is 346 g/mol. The molecule has 0 aromatic heterocycles. The Balaban J connectivity index is 1.81. The van der Waals surface area contributed by atoms with Gasteiger partial charge in [-0.3, -0.25) is 0 Å². The summed E-state index contributed by atoms with van der Waals surface area (Å²) in [7, 11) is -3.72. The highest BCUT2D eigenvalue weighted by molar-refractivity contribution is 7.89. The third-order valence-electron chi connectivity index (χ3n) is 3.66. The van der Waals surface area contributed by atoms with E-state index >= 15 is 0 Å². The maximum absolute atomic E-state index is 12.5. The molecule has 3 rings (SSSR count). The van der Waals surface area contributed by atoms with Gasteiger partial charge in [0.25, 0.3) is 10.0 Å².